The molecule has 0 radical (unpaired) electrons. The van der Waals surface area contributed by atoms with Gasteiger partial charge in [-0.05, 0) is 35.9 Å². The van der Waals surface area contributed by atoms with Crippen LogP contribution in [0.1, 0.15) is 35.3 Å². The van der Waals surface area contributed by atoms with E-state index in [4.69, 9.17) is 9.47 Å². The molecule has 0 spiro atoms. The van der Waals surface area contributed by atoms with Crippen molar-refractivity contribution in [2.45, 2.75) is 26.2 Å². The summed E-state index contributed by atoms with van der Waals surface area (Å²) in [4.78, 5) is 24.3. The molecule has 7 nitrogen and oxygen atoms in total. The van der Waals surface area contributed by atoms with E-state index in [1.807, 2.05) is 0 Å². The highest BCUT2D eigenvalue weighted by atomic mass is 79.9. The summed E-state index contributed by atoms with van der Waals surface area (Å²) in [6.45, 7) is 3.85. The average Bonchev–Trinajstić information content (AvgIpc) is 2.92. The molecule has 144 valence electrons. The summed E-state index contributed by atoms with van der Waals surface area (Å²) in [5.74, 6) is -0.965. The Hall–Kier alpha value is -3.00. The molecule has 0 saturated carbocycles. The van der Waals surface area contributed by atoms with Gasteiger partial charge in [-0.1, -0.05) is 15.9 Å². The Bertz CT molecular complexity index is 1050. The quantitative estimate of drug-likeness (QED) is 0.497. The van der Waals surface area contributed by atoms with Crippen LogP contribution in [0.4, 0.5) is 0 Å². The van der Waals surface area contributed by atoms with Gasteiger partial charge < -0.3 is 19.9 Å². The lowest BCUT2D eigenvalue weighted by Gasteiger charge is -2.18. The normalized spacial score (nSPS) is 18.0. The van der Waals surface area contributed by atoms with Gasteiger partial charge in [0.1, 0.15) is 0 Å². The summed E-state index contributed by atoms with van der Waals surface area (Å²) in [5, 5.41) is 15.6. The molecule has 0 saturated heterocycles. The SMILES string of the molecule is CC1(C)Oc2cc(CNC=C3C(=O)NC(=O)c4ccc(Br)cc43)cc(O)c2O1. The van der Waals surface area contributed by atoms with Crippen LogP contribution in [0.2, 0.25) is 0 Å². The predicted octanol–water partition coefficient (Wildman–Crippen LogP) is 3.06. The number of hydrogen-bond acceptors (Lipinski definition) is 6. The van der Waals surface area contributed by atoms with Crippen molar-refractivity contribution < 1.29 is 24.2 Å². The molecule has 0 aromatic heterocycles. The highest BCUT2D eigenvalue weighted by Crippen LogP contribution is 2.46. The van der Waals surface area contributed by atoms with Crippen molar-refractivity contribution in [3.63, 3.8) is 0 Å². The van der Waals surface area contributed by atoms with Crippen molar-refractivity contribution in [1.82, 2.24) is 10.6 Å². The number of carbonyl (C=O) groups excluding carboxylic acids is 2. The van der Waals surface area contributed by atoms with Gasteiger partial charge in [0.2, 0.25) is 11.5 Å². The number of imide groups is 1. The van der Waals surface area contributed by atoms with Crippen LogP contribution in [0.25, 0.3) is 5.57 Å². The van der Waals surface area contributed by atoms with E-state index >= 15 is 0 Å². The summed E-state index contributed by atoms with van der Waals surface area (Å²) in [6, 6.07) is 8.48. The number of phenolic OH excluding ortho intramolecular Hbond substituents is 1. The number of fused-ring (bicyclic) bond motifs is 2. The van der Waals surface area contributed by atoms with E-state index in [2.05, 4.69) is 26.6 Å². The molecular formula is C20H17BrN2O5. The number of aromatic hydroxyl groups is 1. The third-order valence-corrected chi connectivity index (χ3v) is 4.83. The Labute approximate surface area is 169 Å². The fraction of sp³-hybridized carbons (Fsp3) is 0.200. The van der Waals surface area contributed by atoms with Crippen LogP contribution in [0, 0.1) is 0 Å². The van der Waals surface area contributed by atoms with Gasteiger partial charge in [-0.3, -0.25) is 14.9 Å². The number of amides is 2. The Morgan fingerprint density at radius 1 is 1.14 bits per heavy atom. The maximum atomic E-state index is 12.3. The third kappa shape index (κ3) is 3.31. The summed E-state index contributed by atoms with van der Waals surface area (Å²) in [6.07, 6.45) is 1.55. The summed E-state index contributed by atoms with van der Waals surface area (Å²) >= 11 is 3.36. The Morgan fingerprint density at radius 2 is 1.93 bits per heavy atom. The van der Waals surface area contributed by atoms with Crippen LogP contribution in [-0.4, -0.2) is 22.7 Å². The molecule has 2 amide bonds. The van der Waals surface area contributed by atoms with Gasteiger partial charge in [0.25, 0.3) is 11.8 Å². The zero-order chi connectivity index (χ0) is 20.1. The minimum absolute atomic E-state index is 0.0113. The second kappa shape index (κ2) is 6.56. The molecular weight excluding hydrogens is 428 g/mol. The number of hydrogen-bond donors (Lipinski definition) is 3. The van der Waals surface area contributed by atoms with Crippen molar-refractivity contribution >= 4 is 33.3 Å². The maximum Gasteiger partial charge on any atom is 0.260 e. The first-order valence-electron chi connectivity index (χ1n) is 8.56. The number of rotatable bonds is 3. The van der Waals surface area contributed by atoms with E-state index in [0.29, 0.717) is 34.7 Å². The van der Waals surface area contributed by atoms with E-state index in [1.54, 1.807) is 50.4 Å². The molecule has 8 heteroatoms. The van der Waals surface area contributed by atoms with Crippen LogP contribution in [0.3, 0.4) is 0 Å². The van der Waals surface area contributed by atoms with E-state index in [-0.39, 0.29) is 5.75 Å². The Morgan fingerprint density at radius 3 is 2.71 bits per heavy atom. The van der Waals surface area contributed by atoms with Crippen molar-refractivity contribution in [3.8, 4) is 17.2 Å². The van der Waals surface area contributed by atoms with E-state index in [0.717, 1.165) is 10.0 Å². The molecule has 2 aliphatic heterocycles. The number of nitrogens with one attached hydrogen (secondary N) is 2. The van der Waals surface area contributed by atoms with Gasteiger partial charge in [0.15, 0.2) is 11.5 Å². The first-order chi connectivity index (χ1) is 13.2. The molecule has 2 aromatic rings. The highest BCUT2D eigenvalue weighted by Gasteiger charge is 2.34. The molecule has 0 atom stereocenters. The number of phenols is 1. The van der Waals surface area contributed by atoms with Crippen molar-refractivity contribution in [3.05, 3.63) is 57.7 Å². The Balaban J connectivity index is 1.57. The number of ether oxygens (including phenoxy) is 2. The van der Waals surface area contributed by atoms with Gasteiger partial charge in [-0.15, -0.1) is 0 Å². The standard InChI is InChI=1S/C20H17BrN2O5/c1-20(2)27-16-6-10(5-15(24)17(16)28-20)8-22-9-14-13-7-11(21)3-4-12(13)18(25)23-19(14)26/h3-7,9,22,24H,8H2,1-2H3,(H,23,25,26). The molecule has 0 unspecified atom stereocenters. The summed E-state index contributed by atoms with van der Waals surface area (Å²) in [7, 11) is 0. The summed E-state index contributed by atoms with van der Waals surface area (Å²) < 4.78 is 12.0. The fourth-order valence-corrected chi connectivity index (χ4v) is 3.53. The zero-order valence-electron chi connectivity index (χ0n) is 15.1. The topological polar surface area (TPSA) is 96.9 Å². The smallest absolute Gasteiger partial charge is 0.260 e. The van der Waals surface area contributed by atoms with Crippen molar-refractivity contribution in [2.75, 3.05) is 0 Å². The molecule has 0 bridgehead atoms. The van der Waals surface area contributed by atoms with Crippen LogP contribution < -0.4 is 20.1 Å². The third-order valence-electron chi connectivity index (χ3n) is 4.34. The van der Waals surface area contributed by atoms with Crippen LogP contribution in [0.15, 0.2) is 41.0 Å². The summed E-state index contributed by atoms with van der Waals surface area (Å²) in [5.41, 5.74) is 2.07. The first-order valence-corrected chi connectivity index (χ1v) is 9.36. The lowest BCUT2D eigenvalue weighted by molar-refractivity contribution is -0.114. The van der Waals surface area contributed by atoms with E-state index in [1.165, 1.54) is 0 Å². The molecule has 28 heavy (non-hydrogen) atoms. The first kappa shape index (κ1) is 18.4. The molecule has 3 N–H and O–H groups in total. The van der Waals surface area contributed by atoms with E-state index in [9.17, 15) is 14.7 Å². The average molecular weight is 445 g/mol. The second-order valence-corrected chi connectivity index (χ2v) is 7.87. The van der Waals surface area contributed by atoms with E-state index < -0.39 is 17.6 Å². The molecule has 0 aliphatic carbocycles. The van der Waals surface area contributed by atoms with Gasteiger partial charge in [-0.2, -0.15) is 0 Å². The van der Waals surface area contributed by atoms with Gasteiger partial charge in [-0.25, -0.2) is 0 Å². The van der Waals surface area contributed by atoms with Crippen LogP contribution in [0.5, 0.6) is 17.2 Å². The monoisotopic (exact) mass is 444 g/mol. The van der Waals surface area contributed by atoms with Crippen LogP contribution in [-0.2, 0) is 11.3 Å². The van der Waals surface area contributed by atoms with Crippen molar-refractivity contribution in [1.29, 1.82) is 0 Å². The minimum atomic E-state index is -0.836. The highest BCUT2D eigenvalue weighted by molar-refractivity contribution is 9.10. The van der Waals surface area contributed by atoms with Crippen LogP contribution >= 0.6 is 15.9 Å². The van der Waals surface area contributed by atoms with Gasteiger partial charge in [0, 0.05) is 42.2 Å². The van der Waals surface area contributed by atoms with Gasteiger partial charge in [0.05, 0.1) is 5.57 Å². The predicted molar refractivity (Wildman–Crippen MR) is 105 cm³/mol. The Kier molecular flexibility index (Phi) is 4.30. The number of halogens is 1. The largest absolute Gasteiger partial charge is 0.504 e. The lowest BCUT2D eigenvalue weighted by Crippen LogP contribution is -2.37. The maximum absolute atomic E-state index is 12.3. The zero-order valence-corrected chi connectivity index (χ0v) is 16.7. The number of carbonyl (C=O) groups is 2. The molecule has 2 heterocycles. The lowest BCUT2D eigenvalue weighted by atomic mass is 9.95. The molecule has 0 fully saturated rings. The second-order valence-electron chi connectivity index (χ2n) is 6.96. The van der Waals surface area contributed by atoms with Gasteiger partial charge >= 0.3 is 0 Å². The molecule has 2 aromatic carbocycles. The molecule has 2 aliphatic rings. The fourth-order valence-electron chi connectivity index (χ4n) is 3.17. The minimum Gasteiger partial charge on any atom is -0.504 e. The number of benzene rings is 2. The molecule has 4 rings (SSSR count). The van der Waals surface area contributed by atoms with Crippen molar-refractivity contribution in [2.24, 2.45) is 0 Å².